The molecule has 2 amide bonds. The zero-order valence-electron chi connectivity index (χ0n) is 14.2. The van der Waals surface area contributed by atoms with Gasteiger partial charge in [-0.2, -0.15) is 0 Å². The molecule has 0 saturated carbocycles. The third-order valence-electron chi connectivity index (χ3n) is 3.57. The van der Waals surface area contributed by atoms with Crippen LogP contribution in [0.25, 0.3) is 0 Å². The second-order valence-corrected chi connectivity index (χ2v) is 5.62. The molecule has 0 aliphatic heterocycles. The smallest absolute Gasteiger partial charge is 0.255 e. The Kier molecular flexibility index (Phi) is 5.29. The number of carbonyl (C=O) groups excluding carboxylic acids is 2. The van der Waals surface area contributed by atoms with E-state index in [2.05, 4.69) is 10.6 Å². The molecular formula is C21H18N2O3. The monoisotopic (exact) mass is 346 g/mol. The van der Waals surface area contributed by atoms with Crippen molar-refractivity contribution in [1.82, 2.24) is 0 Å². The second kappa shape index (κ2) is 7.98. The van der Waals surface area contributed by atoms with Crippen molar-refractivity contribution in [3.8, 4) is 11.5 Å². The van der Waals surface area contributed by atoms with Crippen molar-refractivity contribution >= 4 is 23.2 Å². The molecule has 0 saturated heterocycles. The van der Waals surface area contributed by atoms with Gasteiger partial charge in [-0.25, -0.2) is 0 Å². The number of anilines is 2. The second-order valence-electron chi connectivity index (χ2n) is 5.62. The predicted molar refractivity (Wildman–Crippen MR) is 102 cm³/mol. The van der Waals surface area contributed by atoms with Gasteiger partial charge in [0.1, 0.15) is 5.75 Å². The van der Waals surface area contributed by atoms with Crippen LogP contribution in [-0.2, 0) is 4.79 Å². The zero-order valence-corrected chi connectivity index (χ0v) is 14.2. The normalized spacial score (nSPS) is 10.0. The SMILES string of the molecule is CC(=O)Nc1ccc(C(=O)Nc2ccccc2Oc2ccccc2)cc1. The van der Waals surface area contributed by atoms with Gasteiger partial charge in [0.2, 0.25) is 5.91 Å². The first-order chi connectivity index (χ1) is 12.6. The fourth-order valence-electron chi connectivity index (χ4n) is 2.38. The van der Waals surface area contributed by atoms with Crippen LogP contribution < -0.4 is 15.4 Å². The van der Waals surface area contributed by atoms with E-state index in [1.54, 1.807) is 36.4 Å². The highest BCUT2D eigenvalue weighted by Crippen LogP contribution is 2.29. The number of nitrogens with one attached hydrogen (secondary N) is 2. The lowest BCUT2D eigenvalue weighted by Crippen LogP contribution is -2.13. The molecule has 5 nitrogen and oxygen atoms in total. The lowest BCUT2D eigenvalue weighted by Gasteiger charge is -2.12. The van der Waals surface area contributed by atoms with Crippen LogP contribution in [0.15, 0.2) is 78.9 Å². The average Bonchev–Trinajstić information content (AvgIpc) is 2.64. The molecule has 3 aromatic carbocycles. The number of amides is 2. The Morgan fingerprint density at radius 2 is 1.42 bits per heavy atom. The van der Waals surface area contributed by atoms with E-state index in [0.717, 1.165) is 0 Å². The summed E-state index contributed by atoms with van der Waals surface area (Å²) >= 11 is 0. The Balaban J connectivity index is 1.74. The Hall–Kier alpha value is -3.60. The molecule has 0 heterocycles. The fraction of sp³-hybridized carbons (Fsp3) is 0.0476. The van der Waals surface area contributed by atoms with Crippen LogP contribution >= 0.6 is 0 Å². The van der Waals surface area contributed by atoms with Gasteiger partial charge in [0, 0.05) is 18.2 Å². The summed E-state index contributed by atoms with van der Waals surface area (Å²) in [6, 6.07) is 23.3. The number of carbonyl (C=O) groups is 2. The van der Waals surface area contributed by atoms with Gasteiger partial charge in [0.05, 0.1) is 5.69 Å². The van der Waals surface area contributed by atoms with E-state index in [0.29, 0.717) is 28.4 Å². The molecule has 0 spiro atoms. The first-order valence-electron chi connectivity index (χ1n) is 8.13. The van der Waals surface area contributed by atoms with Crippen LogP contribution in [0, 0.1) is 0 Å². The molecule has 2 N–H and O–H groups in total. The summed E-state index contributed by atoms with van der Waals surface area (Å²) < 4.78 is 5.85. The minimum atomic E-state index is -0.261. The molecule has 130 valence electrons. The molecular weight excluding hydrogens is 328 g/mol. The fourth-order valence-corrected chi connectivity index (χ4v) is 2.38. The van der Waals surface area contributed by atoms with Crippen molar-refractivity contribution in [2.75, 3.05) is 10.6 Å². The molecule has 5 heteroatoms. The molecule has 0 bridgehead atoms. The molecule has 26 heavy (non-hydrogen) atoms. The number of hydrogen-bond acceptors (Lipinski definition) is 3. The Bertz CT molecular complexity index is 906. The number of ether oxygens (including phenoxy) is 1. The summed E-state index contributed by atoms with van der Waals surface area (Å²) in [5.74, 6) is 0.827. The number of rotatable bonds is 5. The van der Waals surface area contributed by atoms with E-state index in [-0.39, 0.29) is 11.8 Å². The van der Waals surface area contributed by atoms with Crippen molar-refractivity contribution < 1.29 is 14.3 Å². The minimum Gasteiger partial charge on any atom is -0.455 e. The van der Waals surface area contributed by atoms with E-state index in [9.17, 15) is 9.59 Å². The molecule has 0 aromatic heterocycles. The Morgan fingerprint density at radius 3 is 2.12 bits per heavy atom. The van der Waals surface area contributed by atoms with Crippen LogP contribution in [0.3, 0.4) is 0 Å². The van der Waals surface area contributed by atoms with Crippen LogP contribution in [0.4, 0.5) is 11.4 Å². The van der Waals surface area contributed by atoms with E-state index in [4.69, 9.17) is 4.74 Å². The lowest BCUT2D eigenvalue weighted by atomic mass is 10.2. The third-order valence-corrected chi connectivity index (χ3v) is 3.57. The Morgan fingerprint density at radius 1 is 0.769 bits per heavy atom. The van der Waals surface area contributed by atoms with Gasteiger partial charge >= 0.3 is 0 Å². The van der Waals surface area contributed by atoms with Gasteiger partial charge in [0.15, 0.2) is 5.75 Å². The molecule has 0 fully saturated rings. The standard InChI is InChI=1S/C21H18N2O3/c1-15(24)22-17-13-11-16(12-14-17)21(25)23-19-9-5-6-10-20(19)26-18-7-3-2-4-8-18/h2-14H,1H3,(H,22,24)(H,23,25). The van der Waals surface area contributed by atoms with Crippen LogP contribution in [0.1, 0.15) is 17.3 Å². The van der Waals surface area contributed by atoms with Crippen molar-refractivity contribution in [3.63, 3.8) is 0 Å². The summed E-state index contributed by atoms with van der Waals surface area (Å²) in [4.78, 5) is 23.6. The molecule has 0 aliphatic carbocycles. The van der Waals surface area contributed by atoms with E-state index >= 15 is 0 Å². The van der Waals surface area contributed by atoms with E-state index in [1.165, 1.54) is 6.92 Å². The van der Waals surface area contributed by atoms with Gasteiger partial charge in [-0.15, -0.1) is 0 Å². The van der Waals surface area contributed by atoms with Crippen molar-refractivity contribution in [3.05, 3.63) is 84.4 Å². The number of benzene rings is 3. The molecule has 0 aliphatic rings. The maximum Gasteiger partial charge on any atom is 0.255 e. The summed E-state index contributed by atoms with van der Waals surface area (Å²) in [5, 5.41) is 5.52. The van der Waals surface area contributed by atoms with Crippen molar-refractivity contribution in [2.45, 2.75) is 6.92 Å². The maximum atomic E-state index is 12.5. The molecule has 3 aromatic rings. The van der Waals surface area contributed by atoms with Crippen molar-refractivity contribution in [1.29, 1.82) is 0 Å². The first kappa shape index (κ1) is 17.2. The van der Waals surface area contributed by atoms with Crippen LogP contribution in [0.2, 0.25) is 0 Å². The van der Waals surface area contributed by atoms with Gasteiger partial charge in [-0.05, 0) is 48.5 Å². The molecule has 0 radical (unpaired) electrons. The molecule has 0 unspecified atom stereocenters. The lowest BCUT2D eigenvalue weighted by molar-refractivity contribution is -0.114. The van der Waals surface area contributed by atoms with Crippen LogP contribution in [-0.4, -0.2) is 11.8 Å². The van der Waals surface area contributed by atoms with Gasteiger partial charge in [-0.3, -0.25) is 9.59 Å². The van der Waals surface area contributed by atoms with Crippen molar-refractivity contribution in [2.24, 2.45) is 0 Å². The topological polar surface area (TPSA) is 67.4 Å². The largest absolute Gasteiger partial charge is 0.455 e. The maximum absolute atomic E-state index is 12.5. The first-order valence-corrected chi connectivity index (χ1v) is 8.13. The minimum absolute atomic E-state index is 0.158. The quantitative estimate of drug-likeness (QED) is 0.704. The molecule has 3 rings (SSSR count). The van der Waals surface area contributed by atoms with E-state index < -0.39 is 0 Å². The third kappa shape index (κ3) is 4.48. The Labute approximate surface area is 151 Å². The summed E-state index contributed by atoms with van der Waals surface area (Å²) in [6.07, 6.45) is 0. The highest BCUT2D eigenvalue weighted by atomic mass is 16.5. The predicted octanol–water partition coefficient (Wildman–Crippen LogP) is 4.69. The highest BCUT2D eigenvalue weighted by molar-refractivity contribution is 6.05. The average molecular weight is 346 g/mol. The number of para-hydroxylation sites is 3. The van der Waals surface area contributed by atoms with Gasteiger partial charge in [-0.1, -0.05) is 30.3 Å². The molecule has 0 atom stereocenters. The number of hydrogen-bond donors (Lipinski definition) is 2. The summed E-state index contributed by atoms with van der Waals surface area (Å²) in [7, 11) is 0. The van der Waals surface area contributed by atoms with E-state index in [1.807, 2.05) is 42.5 Å². The summed E-state index contributed by atoms with van der Waals surface area (Å²) in [6.45, 7) is 1.43. The zero-order chi connectivity index (χ0) is 18.4. The van der Waals surface area contributed by atoms with Gasteiger partial charge in [0.25, 0.3) is 5.91 Å². The van der Waals surface area contributed by atoms with Gasteiger partial charge < -0.3 is 15.4 Å². The highest BCUT2D eigenvalue weighted by Gasteiger charge is 2.10. The van der Waals surface area contributed by atoms with Crippen LogP contribution in [0.5, 0.6) is 11.5 Å². The summed E-state index contributed by atoms with van der Waals surface area (Å²) in [5.41, 5.74) is 1.70.